The molecule has 2 aromatic heterocycles. The predicted octanol–water partition coefficient (Wildman–Crippen LogP) is 4.36. The largest absolute Gasteiger partial charge is 0.457 e. The minimum absolute atomic E-state index is 0.181. The molecule has 0 saturated heterocycles. The van der Waals surface area contributed by atoms with E-state index in [1.54, 1.807) is 17.1 Å². The Hall–Kier alpha value is -3.16. The fraction of sp³-hybridized carbons (Fsp3) is 0.0588. The third kappa shape index (κ3) is 3.85. The van der Waals surface area contributed by atoms with E-state index in [0.29, 0.717) is 6.07 Å². The van der Waals surface area contributed by atoms with E-state index < -0.39 is 23.4 Å². The molecular formula is C17H10F4N2O2. The van der Waals surface area contributed by atoms with Crippen LogP contribution < -0.4 is 5.69 Å². The van der Waals surface area contributed by atoms with Crippen LogP contribution in [-0.2, 0) is 6.18 Å². The number of halogens is 4. The molecule has 0 aliphatic heterocycles. The van der Waals surface area contributed by atoms with Gasteiger partial charge in [0.25, 0.3) is 0 Å². The van der Waals surface area contributed by atoms with Gasteiger partial charge in [-0.2, -0.15) is 18.2 Å². The van der Waals surface area contributed by atoms with E-state index in [1.807, 2.05) is 0 Å². The van der Waals surface area contributed by atoms with Gasteiger partial charge in [-0.3, -0.25) is 0 Å². The van der Waals surface area contributed by atoms with Crippen LogP contribution in [-0.4, -0.2) is 9.97 Å². The monoisotopic (exact) mass is 350 g/mol. The lowest BCUT2D eigenvalue weighted by molar-refractivity contribution is -0.141. The molecule has 1 aromatic carbocycles. The highest BCUT2D eigenvalue weighted by Crippen LogP contribution is 2.28. The molecule has 0 bridgehead atoms. The second-order valence-electron chi connectivity index (χ2n) is 5.04. The molecular weight excluding hydrogens is 340 g/mol. The summed E-state index contributed by atoms with van der Waals surface area (Å²) in [5.41, 5.74) is -2.23. The first-order chi connectivity index (χ1) is 11.8. The van der Waals surface area contributed by atoms with Crippen molar-refractivity contribution >= 4 is 12.2 Å². The van der Waals surface area contributed by atoms with Crippen LogP contribution in [0.25, 0.3) is 23.5 Å². The van der Waals surface area contributed by atoms with Crippen molar-refractivity contribution in [2.45, 2.75) is 6.18 Å². The molecule has 0 amide bonds. The lowest BCUT2D eigenvalue weighted by Gasteiger charge is -2.05. The molecule has 8 heteroatoms. The van der Waals surface area contributed by atoms with Crippen molar-refractivity contribution in [3.05, 3.63) is 75.9 Å². The number of hydrogen-bond acceptors (Lipinski definition) is 3. The number of benzene rings is 1. The Kier molecular flexibility index (Phi) is 4.26. The molecule has 4 nitrogen and oxygen atoms in total. The number of nitrogens with zero attached hydrogens (tertiary/aromatic N) is 1. The van der Waals surface area contributed by atoms with Crippen LogP contribution >= 0.6 is 0 Å². The van der Waals surface area contributed by atoms with Crippen LogP contribution in [0, 0.1) is 5.82 Å². The third-order valence-corrected chi connectivity index (χ3v) is 3.25. The van der Waals surface area contributed by atoms with Gasteiger partial charge in [-0.25, -0.2) is 9.18 Å². The molecule has 0 spiro atoms. The van der Waals surface area contributed by atoms with Gasteiger partial charge in [0.2, 0.25) is 0 Å². The maximum atomic E-state index is 13.7. The van der Waals surface area contributed by atoms with Crippen LogP contribution in [0.4, 0.5) is 17.6 Å². The second kappa shape index (κ2) is 6.39. The smallest absolute Gasteiger partial charge is 0.431 e. The number of nitrogens with one attached hydrogen (secondary N) is 1. The van der Waals surface area contributed by atoms with E-state index >= 15 is 0 Å². The average molecular weight is 350 g/mol. The van der Waals surface area contributed by atoms with Gasteiger partial charge in [-0.05, 0) is 42.5 Å². The van der Waals surface area contributed by atoms with Gasteiger partial charge in [0, 0.05) is 0 Å². The zero-order valence-corrected chi connectivity index (χ0v) is 12.5. The van der Waals surface area contributed by atoms with Gasteiger partial charge in [0.05, 0.1) is 11.3 Å². The fourth-order valence-electron chi connectivity index (χ4n) is 2.13. The maximum absolute atomic E-state index is 13.7. The normalized spacial score (nSPS) is 12.0. The molecule has 0 radical (unpaired) electrons. The van der Waals surface area contributed by atoms with E-state index in [2.05, 4.69) is 4.98 Å². The van der Waals surface area contributed by atoms with Crippen molar-refractivity contribution in [1.29, 1.82) is 0 Å². The van der Waals surface area contributed by atoms with E-state index in [4.69, 9.17) is 4.42 Å². The Labute approximate surface area is 138 Å². The number of rotatable bonds is 3. The van der Waals surface area contributed by atoms with Crippen LogP contribution in [0.3, 0.4) is 0 Å². The molecule has 0 fully saturated rings. The summed E-state index contributed by atoms with van der Waals surface area (Å²) in [6.45, 7) is 0. The van der Waals surface area contributed by atoms with Crippen LogP contribution in [0.2, 0.25) is 0 Å². The van der Waals surface area contributed by atoms with Gasteiger partial charge in [-0.15, -0.1) is 0 Å². The topological polar surface area (TPSA) is 58.9 Å². The first kappa shape index (κ1) is 16.7. The molecule has 0 unspecified atom stereocenters. The minimum atomic E-state index is -4.69. The highest BCUT2D eigenvalue weighted by atomic mass is 19.4. The molecule has 0 atom stereocenters. The van der Waals surface area contributed by atoms with Gasteiger partial charge < -0.3 is 9.40 Å². The van der Waals surface area contributed by atoms with Crippen molar-refractivity contribution in [3.63, 3.8) is 0 Å². The zero-order valence-electron chi connectivity index (χ0n) is 12.5. The number of furan rings is 1. The molecule has 128 valence electrons. The summed E-state index contributed by atoms with van der Waals surface area (Å²) in [4.78, 5) is 16.3. The van der Waals surface area contributed by atoms with E-state index in [-0.39, 0.29) is 22.8 Å². The average Bonchev–Trinajstić information content (AvgIpc) is 3.01. The van der Waals surface area contributed by atoms with Crippen molar-refractivity contribution in [3.8, 4) is 11.3 Å². The molecule has 25 heavy (non-hydrogen) atoms. The predicted molar refractivity (Wildman–Crippen MR) is 82.9 cm³/mol. The van der Waals surface area contributed by atoms with Crippen molar-refractivity contribution in [1.82, 2.24) is 9.97 Å². The van der Waals surface area contributed by atoms with Crippen molar-refractivity contribution in [2.24, 2.45) is 0 Å². The number of aromatic nitrogens is 2. The first-order valence-electron chi connectivity index (χ1n) is 7.04. The van der Waals surface area contributed by atoms with Crippen molar-refractivity contribution in [2.75, 3.05) is 0 Å². The highest BCUT2D eigenvalue weighted by Gasteiger charge is 2.32. The summed E-state index contributed by atoms with van der Waals surface area (Å²) in [6.07, 6.45) is -2.14. The lowest BCUT2D eigenvalue weighted by Crippen LogP contribution is -2.19. The van der Waals surface area contributed by atoms with Crippen LogP contribution in [0.1, 0.15) is 17.1 Å². The minimum Gasteiger partial charge on any atom is -0.457 e. The Morgan fingerprint density at radius 1 is 1.08 bits per heavy atom. The first-order valence-corrected chi connectivity index (χ1v) is 7.04. The summed E-state index contributed by atoms with van der Waals surface area (Å²) in [6, 6.07) is 9.77. The molecule has 0 aliphatic carbocycles. The van der Waals surface area contributed by atoms with Gasteiger partial charge >= 0.3 is 11.9 Å². The van der Waals surface area contributed by atoms with E-state index in [1.165, 1.54) is 36.4 Å². The van der Waals surface area contributed by atoms with Gasteiger partial charge in [-0.1, -0.05) is 12.1 Å². The summed E-state index contributed by atoms with van der Waals surface area (Å²) >= 11 is 0. The quantitative estimate of drug-likeness (QED) is 0.714. The SMILES string of the molecule is O=c1nc(/C=C/c2ccc(-c3ccccc3F)o2)cc(C(F)(F)F)[nH]1. The Balaban J connectivity index is 1.88. The second-order valence-corrected chi connectivity index (χ2v) is 5.04. The standard InChI is InChI=1S/C17H10F4N2O2/c18-13-4-2-1-3-12(13)14-8-7-11(25-14)6-5-10-9-15(17(19,20)21)23-16(24)22-10/h1-9H,(H,22,23,24)/b6-5+. The Morgan fingerprint density at radius 2 is 1.84 bits per heavy atom. The maximum Gasteiger partial charge on any atom is 0.431 e. The molecule has 1 N–H and O–H groups in total. The molecule has 2 heterocycles. The fourth-order valence-corrected chi connectivity index (χ4v) is 2.13. The lowest BCUT2D eigenvalue weighted by atomic mass is 10.1. The summed E-state index contributed by atoms with van der Waals surface area (Å²) in [7, 11) is 0. The molecule has 3 rings (SSSR count). The Morgan fingerprint density at radius 3 is 2.56 bits per heavy atom. The summed E-state index contributed by atoms with van der Waals surface area (Å²) in [5, 5.41) is 0. The molecule has 0 aliphatic rings. The van der Waals surface area contributed by atoms with Crippen LogP contribution in [0.15, 0.2) is 51.7 Å². The zero-order chi connectivity index (χ0) is 18.0. The van der Waals surface area contributed by atoms with Crippen LogP contribution in [0.5, 0.6) is 0 Å². The number of hydrogen-bond donors (Lipinski definition) is 1. The van der Waals surface area contributed by atoms with E-state index in [0.717, 1.165) is 0 Å². The number of H-pyrrole nitrogens is 1. The third-order valence-electron chi connectivity index (χ3n) is 3.25. The summed E-state index contributed by atoms with van der Waals surface area (Å²) < 4.78 is 57.1. The van der Waals surface area contributed by atoms with Gasteiger partial charge in [0.1, 0.15) is 23.0 Å². The highest BCUT2D eigenvalue weighted by molar-refractivity contribution is 5.68. The van der Waals surface area contributed by atoms with Crippen molar-refractivity contribution < 1.29 is 22.0 Å². The van der Waals surface area contributed by atoms with E-state index in [9.17, 15) is 22.4 Å². The molecule has 0 saturated carbocycles. The Bertz CT molecular complexity index is 987. The van der Waals surface area contributed by atoms with Gasteiger partial charge in [0.15, 0.2) is 0 Å². The summed E-state index contributed by atoms with van der Waals surface area (Å²) in [5.74, 6) is 0.0833. The number of alkyl halides is 3. The number of aromatic amines is 1. The molecule has 3 aromatic rings.